The van der Waals surface area contributed by atoms with Crippen LogP contribution in [0.2, 0.25) is 0 Å². The molecule has 10 heteroatoms. The number of nitrogens with zero attached hydrogens (tertiary/aromatic N) is 2. The van der Waals surface area contributed by atoms with Gasteiger partial charge < -0.3 is 4.74 Å². The molecule has 0 unspecified atom stereocenters. The summed E-state index contributed by atoms with van der Waals surface area (Å²) in [5.74, 6) is -0.408. The summed E-state index contributed by atoms with van der Waals surface area (Å²) in [5, 5.41) is 4.96. The molecule has 1 N–H and O–H groups in total. The molecule has 3 aromatic rings. The quantitative estimate of drug-likeness (QED) is 0.461. The molecule has 30 heavy (non-hydrogen) atoms. The van der Waals surface area contributed by atoms with Gasteiger partial charge in [0.15, 0.2) is 5.13 Å². The second kappa shape index (κ2) is 8.64. The van der Waals surface area contributed by atoms with Crippen molar-refractivity contribution in [2.24, 2.45) is 0 Å². The lowest BCUT2D eigenvalue weighted by atomic mass is 10.1. The second-order valence-corrected chi connectivity index (χ2v) is 9.26. The van der Waals surface area contributed by atoms with Gasteiger partial charge in [0, 0.05) is 30.5 Å². The summed E-state index contributed by atoms with van der Waals surface area (Å²) in [6.07, 6.45) is 1.14. The number of rotatable bonds is 6. The van der Waals surface area contributed by atoms with Crippen molar-refractivity contribution in [1.82, 2.24) is 4.98 Å². The fourth-order valence-electron chi connectivity index (χ4n) is 2.51. The molecule has 0 saturated heterocycles. The van der Waals surface area contributed by atoms with E-state index in [-0.39, 0.29) is 5.91 Å². The Morgan fingerprint density at radius 2 is 1.70 bits per heavy atom. The predicted molar refractivity (Wildman–Crippen MR) is 117 cm³/mol. The van der Waals surface area contributed by atoms with E-state index in [0.717, 1.165) is 11.8 Å². The number of ether oxygens (including phenoxy) is 1. The van der Waals surface area contributed by atoms with Gasteiger partial charge in [-0.3, -0.25) is 19.2 Å². The van der Waals surface area contributed by atoms with Crippen molar-refractivity contribution < 1.29 is 22.7 Å². The van der Waals surface area contributed by atoms with Crippen molar-refractivity contribution >= 4 is 44.1 Å². The largest absolute Gasteiger partial charge is 0.427 e. The first kappa shape index (κ1) is 21.5. The Hall–Kier alpha value is -3.24. The summed E-state index contributed by atoms with van der Waals surface area (Å²) < 4.78 is 29.4. The monoisotopic (exact) mass is 445 g/mol. The van der Waals surface area contributed by atoms with Crippen molar-refractivity contribution in [1.29, 1.82) is 0 Å². The smallest absolute Gasteiger partial charge is 0.308 e. The number of amides is 1. The fourth-order valence-corrected chi connectivity index (χ4v) is 3.73. The van der Waals surface area contributed by atoms with E-state index in [9.17, 15) is 18.0 Å². The van der Waals surface area contributed by atoms with Gasteiger partial charge in [0.25, 0.3) is 5.91 Å². The van der Waals surface area contributed by atoms with Gasteiger partial charge in [0.1, 0.15) is 5.75 Å². The Bertz CT molecular complexity index is 1170. The molecule has 2 aromatic carbocycles. The molecule has 0 fully saturated rings. The van der Waals surface area contributed by atoms with E-state index in [1.54, 1.807) is 53.9 Å². The van der Waals surface area contributed by atoms with Crippen LogP contribution < -0.4 is 14.4 Å². The van der Waals surface area contributed by atoms with Crippen LogP contribution >= 0.6 is 11.3 Å². The van der Waals surface area contributed by atoms with E-state index in [1.165, 1.54) is 29.6 Å². The number of benzene rings is 2. The zero-order chi connectivity index (χ0) is 21.9. The first-order valence-electron chi connectivity index (χ1n) is 8.73. The third-order valence-electron chi connectivity index (χ3n) is 4.13. The minimum Gasteiger partial charge on any atom is -0.427 e. The van der Waals surface area contributed by atoms with Crippen LogP contribution in [0.1, 0.15) is 17.3 Å². The first-order valence-corrected chi connectivity index (χ1v) is 11.5. The van der Waals surface area contributed by atoms with Crippen molar-refractivity contribution in [2.45, 2.75) is 6.92 Å². The van der Waals surface area contributed by atoms with Gasteiger partial charge in [-0.05, 0) is 36.4 Å². The SMILES string of the molecule is CC(=O)Oc1ccc(C(=O)Nc2nc(-c3ccc(N(C)S(C)(=O)=O)cc3)cs2)cc1. The topological polar surface area (TPSA) is 106 Å². The molecule has 0 aliphatic heterocycles. The van der Waals surface area contributed by atoms with Crippen molar-refractivity contribution in [2.75, 3.05) is 22.9 Å². The molecule has 0 radical (unpaired) electrons. The fraction of sp³-hybridized carbons (Fsp3) is 0.150. The Morgan fingerprint density at radius 3 is 2.27 bits per heavy atom. The van der Waals surface area contributed by atoms with E-state index in [0.29, 0.717) is 27.8 Å². The zero-order valence-electron chi connectivity index (χ0n) is 16.4. The summed E-state index contributed by atoms with van der Waals surface area (Å²) in [7, 11) is -1.84. The highest BCUT2D eigenvalue weighted by Crippen LogP contribution is 2.27. The Kier molecular flexibility index (Phi) is 6.18. The molecule has 156 valence electrons. The highest BCUT2D eigenvalue weighted by atomic mass is 32.2. The number of hydrogen-bond donors (Lipinski definition) is 1. The summed E-state index contributed by atoms with van der Waals surface area (Å²) >= 11 is 1.28. The van der Waals surface area contributed by atoms with Gasteiger partial charge in [0.05, 0.1) is 17.6 Å². The lowest BCUT2D eigenvalue weighted by Crippen LogP contribution is -2.24. The van der Waals surface area contributed by atoms with Crippen LogP contribution in [0.15, 0.2) is 53.9 Å². The van der Waals surface area contributed by atoms with E-state index >= 15 is 0 Å². The number of esters is 1. The molecular formula is C20H19N3O5S2. The van der Waals surface area contributed by atoms with Gasteiger partial charge >= 0.3 is 5.97 Å². The lowest BCUT2D eigenvalue weighted by molar-refractivity contribution is -0.131. The third kappa shape index (κ3) is 5.22. The number of nitrogens with one attached hydrogen (secondary N) is 1. The van der Waals surface area contributed by atoms with Crippen LogP contribution in [0.3, 0.4) is 0 Å². The van der Waals surface area contributed by atoms with E-state index in [1.807, 2.05) is 0 Å². The first-order chi connectivity index (χ1) is 14.1. The van der Waals surface area contributed by atoms with Gasteiger partial charge in [-0.15, -0.1) is 11.3 Å². The van der Waals surface area contributed by atoms with Crippen molar-refractivity contribution in [3.05, 3.63) is 59.5 Å². The number of anilines is 2. The summed E-state index contributed by atoms with van der Waals surface area (Å²) in [4.78, 5) is 27.8. The van der Waals surface area contributed by atoms with Crippen molar-refractivity contribution in [3.8, 4) is 17.0 Å². The van der Waals surface area contributed by atoms with Crippen molar-refractivity contribution in [3.63, 3.8) is 0 Å². The maximum atomic E-state index is 12.4. The van der Waals surface area contributed by atoms with Crippen LogP contribution in [-0.2, 0) is 14.8 Å². The number of carbonyl (C=O) groups excluding carboxylic acids is 2. The van der Waals surface area contributed by atoms with Crippen LogP contribution in [0.4, 0.5) is 10.8 Å². The van der Waals surface area contributed by atoms with Crippen LogP contribution in [0.5, 0.6) is 5.75 Å². The Morgan fingerprint density at radius 1 is 1.07 bits per heavy atom. The molecule has 0 aliphatic rings. The normalized spacial score (nSPS) is 11.0. The number of aromatic nitrogens is 1. The summed E-state index contributed by atoms with van der Waals surface area (Å²) in [6.45, 7) is 1.30. The van der Waals surface area contributed by atoms with Gasteiger partial charge in [-0.2, -0.15) is 0 Å². The number of thiazole rings is 1. The number of hydrogen-bond acceptors (Lipinski definition) is 7. The lowest BCUT2D eigenvalue weighted by Gasteiger charge is -2.16. The minimum absolute atomic E-state index is 0.338. The molecule has 1 aromatic heterocycles. The van der Waals surface area contributed by atoms with E-state index < -0.39 is 16.0 Å². The molecule has 0 saturated carbocycles. The van der Waals surface area contributed by atoms with Crippen LogP contribution in [0.25, 0.3) is 11.3 Å². The number of sulfonamides is 1. The molecule has 3 rings (SSSR count). The molecule has 0 bridgehead atoms. The van der Waals surface area contributed by atoms with Crippen LogP contribution in [-0.4, -0.2) is 38.6 Å². The standard InChI is InChI=1S/C20H19N3O5S2/c1-13(24)28-17-10-6-15(7-11-17)19(25)22-20-21-18(12-29-20)14-4-8-16(9-5-14)23(2)30(3,26)27/h4-12H,1-3H3,(H,21,22,25). The maximum absolute atomic E-state index is 12.4. The molecule has 8 nitrogen and oxygen atoms in total. The predicted octanol–water partition coefficient (Wildman–Crippen LogP) is 3.38. The number of carbonyl (C=O) groups is 2. The van der Waals surface area contributed by atoms with Gasteiger partial charge in [-0.1, -0.05) is 12.1 Å². The Labute approximate surface area is 178 Å². The highest BCUT2D eigenvalue weighted by molar-refractivity contribution is 7.92. The molecule has 1 amide bonds. The van der Waals surface area contributed by atoms with E-state index in [4.69, 9.17) is 4.74 Å². The summed E-state index contributed by atoms with van der Waals surface area (Å²) in [5.41, 5.74) is 2.40. The molecule has 0 atom stereocenters. The molecule has 0 aliphatic carbocycles. The average Bonchev–Trinajstić information content (AvgIpc) is 3.15. The second-order valence-electron chi connectivity index (χ2n) is 6.39. The Balaban J connectivity index is 1.69. The third-order valence-corrected chi connectivity index (χ3v) is 6.09. The van der Waals surface area contributed by atoms with Gasteiger partial charge in [0.2, 0.25) is 10.0 Å². The molecule has 1 heterocycles. The van der Waals surface area contributed by atoms with Crippen LogP contribution in [0, 0.1) is 0 Å². The maximum Gasteiger partial charge on any atom is 0.308 e. The van der Waals surface area contributed by atoms with Gasteiger partial charge in [-0.25, -0.2) is 13.4 Å². The highest BCUT2D eigenvalue weighted by Gasteiger charge is 2.13. The minimum atomic E-state index is -3.33. The molecule has 0 spiro atoms. The zero-order valence-corrected chi connectivity index (χ0v) is 18.1. The average molecular weight is 446 g/mol. The van der Waals surface area contributed by atoms with E-state index in [2.05, 4.69) is 10.3 Å². The summed E-state index contributed by atoms with van der Waals surface area (Å²) in [6, 6.07) is 13.1. The molecular weight excluding hydrogens is 426 g/mol.